The Bertz CT molecular complexity index is 662. The van der Waals surface area contributed by atoms with Crippen LogP contribution < -0.4 is 0 Å². The van der Waals surface area contributed by atoms with Gasteiger partial charge in [-0.3, -0.25) is 9.59 Å². The second-order valence-corrected chi connectivity index (χ2v) is 6.53. The van der Waals surface area contributed by atoms with Gasteiger partial charge in [-0.15, -0.1) is 0 Å². The lowest BCUT2D eigenvalue weighted by atomic mass is 10.0. The molecule has 0 saturated heterocycles. The highest BCUT2D eigenvalue weighted by molar-refractivity contribution is 5.72. The Morgan fingerprint density at radius 3 is 2.22 bits per heavy atom. The number of rotatable bonds is 10. The number of benzene rings is 1. The lowest BCUT2D eigenvalue weighted by molar-refractivity contribution is -0.152. The first kappa shape index (κ1) is 22.9. The number of carbonyl (C=O) groups excluding carboxylic acids is 2. The maximum atomic E-state index is 13.5. The molecule has 0 aliphatic carbocycles. The maximum absolute atomic E-state index is 13.5. The van der Waals surface area contributed by atoms with Crippen molar-refractivity contribution in [1.82, 2.24) is 0 Å². The van der Waals surface area contributed by atoms with E-state index in [-0.39, 0.29) is 31.3 Å². The average molecular weight is 392 g/mol. The van der Waals surface area contributed by atoms with Gasteiger partial charge in [-0.05, 0) is 24.8 Å². The summed E-state index contributed by atoms with van der Waals surface area (Å²) in [4.78, 5) is 23.4. The number of carbonyl (C=O) groups is 2. The van der Waals surface area contributed by atoms with Gasteiger partial charge in [0.25, 0.3) is 0 Å². The Balaban J connectivity index is 2.41. The summed E-state index contributed by atoms with van der Waals surface area (Å²) in [6.45, 7) is 5.15. The van der Waals surface area contributed by atoms with Gasteiger partial charge in [0.1, 0.15) is 12.7 Å². The summed E-state index contributed by atoms with van der Waals surface area (Å²) in [7, 11) is 0. The van der Waals surface area contributed by atoms with Gasteiger partial charge in [-0.1, -0.05) is 27.2 Å². The predicted molar refractivity (Wildman–Crippen MR) is 89.5 cm³/mol. The van der Waals surface area contributed by atoms with Crippen LogP contribution in [0.5, 0.6) is 0 Å². The molecule has 0 heterocycles. The fraction of sp³-hybridized carbons (Fsp3) is 0.579. The van der Waals surface area contributed by atoms with Crippen LogP contribution in [0.15, 0.2) is 6.07 Å². The molecule has 27 heavy (non-hydrogen) atoms. The zero-order valence-electron chi connectivity index (χ0n) is 15.6. The minimum atomic E-state index is -1.96. The molecular formula is C19H24F4O4. The molecule has 0 amide bonds. The Morgan fingerprint density at radius 2 is 1.63 bits per heavy atom. The Hall–Kier alpha value is -2.12. The first-order valence-electron chi connectivity index (χ1n) is 8.84. The molecular weight excluding hydrogens is 368 g/mol. The smallest absolute Gasteiger partial charge is 0.306 e. The van der Waals surface area contributed by atoms with E-state index >= 15 is 0 Å². The molecule has 1 aromatic rings. The van der Waals surface area contributed by atoms with E-state index in [9.17, 15) is 27.2 Å². The Labute approximate surface area is 155 Å². The zero-order chi connectivity index (χ0) is 20.6. The maximum Gasteiger partial charge on any atom is 0.306 e. The summed E-state index contributed by atoms with van der Waals surface area (Å²) in [5.74, 6) is -8.09. The van der Waals surface area contributed by atoms with Crippen LogP contribution >= 0.6 is 0 Å². The lowest BCUT2D eigenvalue weighted by Crippen LogP contribution is -2.23. The van der Waals surface area contributed by atoms with Crippen molar-refractivity contribution in [2.24, 2.45) is 5.92 Å². The van der Waals surface area contributed by atoms with Crippen LogP contribution in [-0.4, -0.2) is 18.0 Å². The van der Waals surface area contributed by atoms with Crippen molar-refractivity contribution in [1.29, 1.82) is 0 Å². The molecule has 1 rings (SSSR count). The SMILES string of the molecule is CCCC(OC(=O)CCCC(=O)OCc1cc(F)c(F)c(F)c1F)C(C)C. The van der Waals surface area contributed by atoms with E-state index in [0.29, 0.717) is 6.07 Å². The standard InChI is InChI=1S/C19H24F4O4/c1-4-6-14(11(2)3)27-16(25)8-5-7-15(24)26-10-12-9-13(20)18(22)19(23)17(12)21/h9,11,14H,4-8,10H2,1-3H3. The predicted octanol–water partition coefficient (Wildman–Crippen LogP) is 4.82. The third kappa shape index (κ3) is 7.19. The van der Waals surface area contributed by atoms with Crippen LogP contribution in [0.25, 0.3) is 0 Å². The normalized spacial score (nSPS) is 12.1. The molecule has 0 aliphatic rings. The van der Waals surface area contributed by atoms with E-state index < -0.39 is 47.4 Å². The average Bonchev–Trinajstić information content (AvgIpc) is 2.61. The molecule has 0 saturated carbocycles. The molecule has 0 N–H and O–H groups in total. The summed E-state index contributed by atoms with van der Waals surface area (Å²) in [5.41, 5.74) is -0.612. The monoisotopic (exact) mass is 392 g/mol. The zero-order valence-corrected chi connectivity index (χ0v) is 15.6. The van der Waals surface area contributed by atoms with E-state index in [4.69, 9.17) is 9.47 Å². The van der Waals surface area contributed by atoms with Crippen molar-refractivity contribution < 1.29 is 36.6 Å². The largest absolute Gasteiger partial charge is 0.462 e. The molecule has 8 heteroatoms. The minimum Gasteiger partial charge on any atom is -0.462 e. The van der Waals surface area contributed by atoms with Crippen LogP contribution in [0.2, 0.25) is 0 Å². The molecule has 0 spiro atoms. The number of hydrogen-bond donors (Lipinski definition) is 0. The van der Waals surface area contributed by atoms with Crippen LogP contribution in [0.1, 0.15) is 58.4 Å². The third-order valence-electron chi connectivity index (χ3n) is 3.93. The van der Waals surface area contributed by atoms with Crippen LogP contribution in [0, 0.1) is 29.2 Å². The van der Waals surface area contributed by atoms with Gasteiger partial charge < -0.3 is 9.47 Å². The first-order chi connectivity index (χ1) is 12.7. The van der Waals surface area contributed by atoms with E-state index in [1.54, 1.807) is 0 Å². The third-order valence-corrected chi connectivity index (χ3v) is 3.93. The number of halogens is 4. The second kappa shape index (κ2) is 10.9. The topological polar surface area (TPSA) is 52.6 Å². The lowest BCUT2D eigenvalue weighted by Gasteiger charge is -2.20. The minimum absolute atomic E-state index is 0.0101. The van der Waals surface area contributed by atoms with Crippen LogP contribution in [0.3, 0.4) is 0 Å². The van der Waals surface area contributed by atoms with Gasteiger partial charge in [0.2, 0.25) is 0 Å². The summed E-state index contributed by atoms with van der Waals surface area (Å²) in [6, 6.07) is 0.429. The van der Waals surface area contributed by atoms with Crippen LogP contribution in [-0.2, 0) is 25.7 Å². The van der Waals surface area contributed by atoms with Gasteiger partial charge in [-0.2, -0.15) is 0 Å². The molecule has 0 fully saturated rings. The van der Waals surface area contributed by atoms with Crippen molar-refractivity contribution in [3.8, 4) is 0 Å². The quantitative estimate of drug-likeness (QED) is 0.248. The Morgan fingerprint density at radius 1 is 1.00 bits per heavy atom. The Kier molecular flexibility index (Phi) is 9.25. The van der Waals surface area contributed by atoms with Crippen molar-refractivity contribution in [2.45, 2.75) is 65.6 Å². The van der Waals surface area contributed by atoms with Gasteiger partial charge in [0.15, 0.2) is 23.3 Å². The fourth-order valence-corrected chi connectivity index (χ4v) is 2.37. The molecule has 4 nitrogen and oxygen atoms in total. The van der Waals surface area contributed by atoms with E-state index in [0.717, 1.165) is 12.8 Å². The molecule has 0 aliphatic heterocycles. The van der Waals surface area contributed by atoms with Crippen molar-refractivity contribution >= 4 is 11.9 Å². The van der Waals surface area contributed by atoms with Crippen molar-refractivity contribution in [3.05, 3.63) is 34.9 Å². The first-order valence-corrected chi connectivity index (χ1v) is 8.84. The number of ether oxygens (including phenoxy) is 2. The van der Waals surface area contributed by atoms with E-state index in [2.05, 4.69) is 0 Å². The molecule has 1 atom stereocenters. The molecule has 0 radical (unpaired) electrons. The molecule has 1 unspecified atom stereocenters. The fourth-order valence-electron chi connectivity index (χ4n) is 2.37. The second-order valence-electron chi connectivity index (χ2n) is 6.53. The number of hydrogen-bond acceptors (Lipinski definition) is 4. The molecule has 0 bridgehead atoms. The highest BCUT2D eigenvalue weighted by Crippen LogP contribution is 2.20. The van der Waals surface area contributed by atoms with Gasteiger partial charge in [-0.25, -0.2) is 17.6 Å². The van der Waals surface area contributed by atoms with Crippen molar-refractivity contribution in [3.63, 3.8) is 0 Å². The van der Waals surface area contributed by atoms with Gasteiger partial charge >= 0.3 is 11.9 Å². The highest BCUT2D eigenvalue weighted by atomic mass is 19.2. The summed E-state index contributed by atoms with van der Waals surface area (Å²) < 4.78 is 62.6. The van der Waals surface area contributed by atoms with Gasteiger partial charge in [0, 0.05) is 18.4 Å². The molecule has 152 valence electrons. The van der Waals surface area contributed by atoms with E-state index in [1.807, 2.05) is 20.8 Å². The summed E-state index contributed by atoms with van der Waals surface area (Å²) >= 11 is 0. The highest BCUT2D eigenvalue weighted by Gasteiger charge is 2.20. The molecule has 0 aromatic heterocycles. The number of esters is 2. The van der Waals surface area contributed by atoms with Crippen molar-refractivity contribution in [2.75, 3.05) is 0 Å². The molecule has 1 aromatic carbocycles. The summed E-state index contributed by atoms with van der Waals surface area (Å²) in [6.07, 6.45) is 1.47. The summed E-state index contributed by atoms with van der Waals surface area (Å²) in [5, 5.41) is 0. The van der Waals surface area contributed by atoms with Crippen LogP contribution in [0.4, 0.5) is 17.6 Å². The van der Waals surface area contributed by atoms with E-state index in [1.165, 1.54) is 0 Å². The van der Waals surface area contributed by atoms with Gasteiger partial charge in [0.05, 0.1) is 0 Å².